The Kier molecular flexibility index (Phi) is 4.95. The lowest BCUT2D eigenvalue weighted by atomic mass is 10.2. The summed E-state index contributed by atoms with van der Waals surface area (Å²) in [7, 11) is 0. The maximum Gasteiger partial charge on any atom is 0.227 e. The summed E-state index contributed by atoms with van der Waals surface area (Å²) >= 11 is 9.25. The SMILES string of the molecule is O=C(Cc1cccs1)N1CCN(Cc2ccc(Cl)s2)CC1. The van der Waals surface area contributed by atoms with E-state index in [1.54, 1.807) is 22.7 Å². The molecule has 3 rings (SSSR count). The lowest BCUT2D eigenvalue weighted by Gasteiger charge is -2.34. The second-order valence-corrected chi connectivity index (χ2v) is 7.95. The summed E-state index contributed by atoms with van der Waals surface area (Å²) in [5, 5.41) is 2.02. The van der Waals surface area contributed by atoms with Crippen molar-refractivity contribution in [2.75, 3.05) is 26.2 Å². The molecule has 6 heteroatoms. The number of piperazine rings is 1. The second kappa shape index (κ2) is 6.92. The van der Waals surface area contributed by atoms with Crippen molar-refractivity contribution in [3.63, 3.8) is 0 Å². The van der Waals surface area contributed by atoms with E-state index in [4.69, 9.17) is 11.6 Å². The third-order valence-electron chi connectivity index (χ3n) is 3.64. The summed E-state index contributed by atoms with van der Waals surface area (Å²) in [5.41, 5.74) is 0. The van der Waals surface area contributed by atoms with Crippen molar-refractivity contribution in [3.8, 4) is 0 Å². The number of thiophene rings is 2. The van der Waals surface area contributed by atoms with E-state index in [0.717, 1.165) is 41.9 Å². The summed E-state index contributed by atoms with van der Waals surface area (Å²) < 4.78 is 0.842. The van der Waals surface area contributed by atoms with E-state index < -0.39 is 0 Å². The monoisotopic (exact) mass is 340 g/mol. The van der Waals surface area contributed by atoms with Crippen LogP contribution in [0.15, 0.2) is 29.6 Å². The number of carbonyl (C=O) groups is 1. The van der Waals surface area contributed by atoms with E-state index in [9.17, 15) is 4.79 Å². The second-order valence-electron chi connectivity index (χ2n) is 5.12. The van der Waals surface area contributed by atoms with Crippen LogP contribution in [0.1, 0.15) is 9.75 Å². The topological polar surface area (TPSA) is 23.6 Å². The first-order valence-corrected chi connectivity index (χ1v) is 9.05. The van der Waals surface area contributed by atoms with Gasteiger partial charge in [0.25, 0.3) is 0 Å². The molecule has 1 aliphatic rings. The predicted molar refractivity (Wildman–Crippen MR) is 89.2 cm³/mol. The quantitative estimate of drug-likeness (QED) is 0.852. The number of hydrogen-bond donors (Lipinski definition) is 0. The summed E-state index contributed by atoms with van der Waals surface area (Å²) in [6, 6.07) is 8.06. The first kappa shape index (κ1) is 15.0. The molecular formula is C15H17ClN2OS2. The van der Waals surface area contributed by atoms with Crippen LogP contribution in [-0.4, -0.2) is 41.9 Å². The molecule has 2 aromatic rings. The molecule has 1 fully saturated rings. The van der Waals surface area contributed by atoms with Crippen LogP contribution in [0.3, 0.4) is 0 Å². The largest absolute Gasteiger partial charge is 0.340 e. The summed E-state index contributed by atoms with van der Waals surface area (Å²) in [4.78, 5) is 19.0. The third kappa shape index (κ3) is 4.07. The van der Waals surface area contributed by atoms with E-state index in [0.29, 0.717) is 6.42 Å². The van der Waals surface area contributed by atoms with Crippen molar-refractivity contribution in [2.24, 2.45) is 0 Å². The molecule has 1 aliphatic heterocycles. The maximum absolute atomic E-state index is 12.2. The lowest BCUT2D eigenvalue weighted by molar-refractivity contribution is -0.132. The molecule has 3 heterocycles. The van der Waals surface area contributed by atoms with Gasteiger partial charge in [-0.25, -0.2) is 0 Å². The van der Waals surface area contributed by atoms with Crippen LogP contribution in [0.25, 0.3) is 0 Å². The molecule has 0 aliphatic carbocycles. The Morgan fingerprint density at radius 3 is 2.57 bits per heavy atom. The molecule has 0 aromatic carbocycles. The zero-order chi connectivity index (χ0) is 14.7. The lowest BCUT2D eigenvalue weighted by Crippen LogP contribution is -2.48. The molecule has 0 saturated carbocycles. The minimum Gasteiger partial charge on any atom is -0.340 e. The van der Waals surface area contributed by atoms with E-state index in [1.807, 2.05) is 28.5 Å². The molecule has 1 saturated heterocycles. The van der Waals surface area contributed by atoms with Crippen molar-refractivity contribution in [1.29, 1.82) is 0 Å². The number of hydrogen-bond acceptors (Lipinski definition) is 4. The fourth-order valence-corrected chi connectivity index (χ4v) is 4.31. The van der Waals surface area contributed by atoms with Crippen LogP contribution in [0.4, 0.5) is 0 Å². The van der Waals surface area contributed by atoms with E-state index in [1.165, 1.54) is 4.88 Å². The van der Waals surface area contributed by atoms with Gasteiger partial charge in [-0.1, -0.05) is 17.7 Å². The van der Waals surface area contributed by atoms with Gasteiger partial charge in [-0.05, 0) is 23.6 Å². The number of halogens is 1. The summed E-state index contributed by atoms with van der Waals surface area (Å²) in [5.74, 6) is 0.247. The van der Waals surface area contributed by atoms with Crippen LogP contribution < -0.4 is 0 Å². The Balaban J connectivity index is 1.47. The average molecular weight is 341 g/mol. The third-order valence-corrected chi connectivity index (χ3v) is 5.73. The standard InChI is InChI=1S/C15H17ClN2OS2/c16-14-4-3-13(21-14)11-17-5-7-18(8-6-17)15(19)10-12-2-1-9-20-12/h1-4,9H,5-8,10-11H2. The summed E-state index contributed by atoms with van der Waals surface area (Å²) in [6.45, 7) is 4.45. The smallest absolute Gasteiger partial charge is 0.227 e. The molecule has 0 N–H and O–H groups in total. The number of carbonyl (C=O) groups excluding carboxylic acids is 1. The van der Waals surface area contributed by atoms with Gasteiger partial charge in [0.2, 0.25) is 5.91 Å². The maximum atomic E-state index is 12.2. The fraction of sp³-hybridized carbons (Fsp3) is 0.400. The van der Waals surface area contributed by atoms with E-state index in [-0.39, 0.29) is 5.91 Å². The number of rotatable bonds is 4. The van der Waals surface area contributed by atoms with Crippen LogP contribution in [0, 0.1) is 0 Å². The Hall–Kier alpha value is -0.880. The first-order valence-electron chi connectivity index (χ1n) is 6.97. The van der Waals surface area contributed by atoms with Crippen molar-refractivity contribution < 1.29 is 4.79 Å². The zero-order valence-corrected chi connectivity index (χ0v) is 14.0. The van der Waals surface area contributed by atoms with Crippen molar-refractivity contribution in [3.05, 3.63) is 43.7 Å². The molecule has 0 spiro atoms. The molecule has 1 amide bonds. The van der Waals surface area contributed by atoms with Crippen molar-refractivity contribution in [2.45, 2.75) is 13.0 Å². The molecule has 0 bridgehead atoms. The normalized spacial score (nSPS) is 16.3. The molecule has 0 radical (unpaired) electrons. The number of amides is 1. The van der Waals surface area contributed by atoms with E-state index >= 15 is 0 Å². The van der Waals surface area contributed by atoms with Gasteiger partial charge in [-0.15, -0.1) is 22.7 Å². The van der Waals surface area contributed by atoms with Gasteiger partial charge in [-0.2, -0.15) is 0 Å². The molecule has 0 unspecified atom stereocenters. The van der Waals surface area contributed by atoms with Gasteiger partial charge in [-0.3, -0.25) is 9.69 Å². The minimum atomic E-state index is 0.247. The molecule has 3 nitrogen and oxygen atoms in total. The van der Waals surface area contributed by atoms with Gasteiger partial charge < -0.3 is 4.90 Å². The molecule has 2 aromatic heterocycles. The van der Waals surface area contributed by atoms with Gasteiger partial charge in [0.1, 0.15) is 0 Å². The molecular weight excluding hydrogens is 324 g/mol. The van der Waals surface area contributed by atoms with Gasteiger partial charge >= 0.3 is 0 Å². The molecule has 112 valence electrons. The highest BCUT2D eigenvalue weighted by Gasteiger charge is 2.21. The molecule has 0 atom stereocenters. The Morgan fingerprint density at radius 1 is 1.14 bits per heavy atom. The summed E-state index contributed by atoms with van der Waals surface area (Å²) in [6.07, 6.45) is 0.540. The predicted octanol–water partition coefficient (Wildman–Crippen LogP) is 3.35. The highest BCUT2D eigenvalue weighted by atomic mass is 35.5. The fourth-order valence-electron chi connectivity index (χ4n) is 2.49. The highest BCUT2D eigenvalue weighted by Crippen LogP contribution is 2.23. The van der Waals surface area contributed by atoms with E-state index in [2.05, 4.69) is 11.0 Å². The minimum absolute atomic E-state index is 0.247. The highest BCUT2D eigenvalue weighted by molar-refractivity contribution is 7.16. The van der Waals surface area contributed by atoms with Crippen molar-refractivity contribution in [1.82, 2.24) is 9.80 Å². The Labute approximate surface area is 137 Å². The van der Waals surface area contributed by atoms with Gasteiger partial charge in [0, 0.05) is 42.5 Å². The average Bonchev–Trinajstić information content (AvgIpc) is 3.12. The van der Waals surface area contributed by atoms with Gasteiger partial charge in [0.15, 0.2) is 0 Å². The Bertz CT molecular complexity index is 589. The van der Waals surface area contributed by atoms with Crippen LogP contribution in [0.5, 0.6) is 0 Å². The zero-order valence-electron chi connectivity index (χ0n) is 11.6. The van der Waals surface area contributed by atoms with Gasteiger partial charge in [0.05, 0.1) is 10.8 Å². The molecule has 21 heavy (non-hydrogen) atoms. The van der Waals surface area contributed by atoms with Crippen LogP contribution in [-0.2, 0) is 17.8 Å². The van der Waals surface area contributed by atoms with Crippen LogP contribution >= 0.6 is 34.3 Å². The Morgan fingerprint density at radius 2 is 1.95 bits per heavy atom. The first-order chi connectivity index (χ1) is 10.2. The number of nitrogens with zero attached hydrogens (tertiary/aromatic N) is 2. The van der Waals surface area contributed by atoms with Crippen molar-refractivity contribution >= 4 is 40.2 Å². The van der Waals surface area contributed by atoms with Crippen LogP contribution in [0.2, 0.25) is 4.34 Å².